The molecule has 0 radical (unpaired) electrons. The number of fused-ring (bicyclic) bond motifs is 2. The zero-order valence-electron chi connectivity index (χ0n) is 26.3. The third-order valence-corrected chi connectivity index (χ3v) is 10.5. The molecule has 222 valence electrons. The second kappa shape index (κ2) is 11.1. The summed E-state index contributed by atoms with van der Waals surface area (Å²) in [4.78, 5) is 0. The Hall–Kier alpha value is -4.12. The summed E-state index contributed by atoms with van der Waals surface area (Å²) in [6.45, 7) is 13.2. The van der Waals surface area contributed by atoms with Crippen LogP contribution in [0, 0.1) is 32.9 Å². The largest absolute Gasteiger partial charge is 0.331 e. The predicted octanol–water partition coefficient (Wildman–Crippen LogP) is 9.09. The van der Waals surface area contributed by atoms with E-state index in [1.54, 1.807) is 12.2 Å². The van der Waals surface area contributed by atoms with E-state index in [0.717, 1.165) is 40.7 Å². The molecule has 0 fully saturated rings. The van der Waals surface area contributed by atoms with Gasteiger partial charge >= 0.3 is 10.1 Å². The molecule has 0 amide bonds. The fourth-order valence-electron chi connectivity index (χ4n) is 7.02. The molecule has 6 rings (SSSR count). The van der Waals surface area contributed by atoms with Gasteiger partial charge in [0.05, 0.1) is 5.57 Å². The Bertz CT molecular complexity index is 1860. The lowest BCUT2D eigenvalue weighted by atomic mass is 9.65. The molecule has 0 aromatic heterocycles. The van der Waals surface area contributed by atoms with E-state index < -0.39 is 10.1 Å². The average molecular weight is 600 g/mol. The van der Waals surface area contributed by atoms with Crippen molar-refractivity contribution in [3.8, 4) is 0 Å². The third kappa shape index (κ3) is 5.27. The molecule has 4 heteroatoms. The second-order valence-electron chi connectivity index (χ2n) is 12.8. The summed E-state index contributed by atoms with van der Waals surface area (Å²) in [5.74, 6) is 0. The maximum absolute atomic E-state index is 12.6. The highest BCUT2D eigenvalue weighted by Gasteiger charge is 2.42. The summed E-state index contributed by atoms with van der Waals surface area (Å²) in [6, 6.07) is 26.1. The zero-order chi connectivity index (χ0) is 31.4. The van der Waals surface area contributed by atoms with Gasteiger partial charge in [-0.25, -0.2) is 0 Å². The monoisotopic (exact) mass is 599 g/mol. The number of hydrogen-bond acceptors (Lipinski definition) is 2. The summed E-state index contributed by atoms with van der Waals surface area (Å²) in [6.07, 6.45) is 8.42. The summed E-state index contributed by atoms with van der Waals surface area (Å²) in [5.41, 5.74) is 15.5. The first-order chi connectivity index (χ1) is 20.9. The minimum Gasteiger partial charge on any atom is -0.274 e. The minimum absolute atomic E-state index is 0.0779. The van der Waals surface area contributed by atoms with Crippen molar-refractivity contribution in [2.75, 3.05) is 0 Å². The van der Waals surface area contributed by atoms with Gasteiger partial charge in [-0.05, 0) is 108 Å². The smallest absolute Gasteiger partial charge is 0.274 e. The molecule has 3 nitrogen and oxygen atoms in total. The van der Waals surface area contributed by atoms with Crippen molar-refractivity contribution in [3.63, 3.8) is 0 Å². The maximum atomic E-state index is 12.6. The van der Waals surface area contributed by atoms with Gasteiger partial charge in [-0.3, -0.25) is 4.55 Å². The van der Waals surface area contributed by atoms with Crippen molar-refractivity contribution in [2.24, 2.45) is 0 Å². The molecule has 2 aliphatic carbocycles. The lowest BCUT2D eigenvalue weighted by Gasteiger charge is -2.36. The third-order valence-electron chi connectivity index (χ3n) is 9.54. The number of rotatable bonds is 5. The number of allylic oxidation sites excluding steroid dienone is 3. The molecule has 0 saturated heterocycles. The van der Waals surface area contributed by atoms with E-state index in [0.29, 0.717) is 5.57 Å². The lowest BCUT2D eigenvalue weighted by molar-refractivity contribution is 0.487. The van der Waals surface area contributed by atoms with Gasteiger partial charge < -0.3 is 0 Å². The molecular weight excluding hydrogens is 561 g/mol. The predicted molar refractivity (Wildman–Crippen MR) is 182 cm³/mol. The Kier molecular flexibility index (Phi) is 7.55. The molecule has 0 spiro atoms. The van der Waals surface area contributed by atoms with Crippen molar-refractivity contribution in [1.29, 1.82) is 0 Å². The second-order valence-corrected chi connectivity index (χ2v) is 14.2. The summed E-state index contributed by atoms with van der Waals surface area (Å²) in [7, 11) is -4.45. The standard InChI is InChI=1S/C40H38O3S/c1-25-11-9-12-26(2)34(25)21-29-17-19-31-36(23-29)40(5,6)37-24-30(22-35-27(3)13-10-14-28(35)4)18-20-32(37)39(31)33-15-7-8-16-38(33)44(41,42)43/h7-20,23-24H,21-22H2,1-6H3/p+1. The number of aryl methyl sites for hydroxylation is 4. The van der Waals surface area contributed by atoms with Crippen molar-refractivity contribution in [3.05, 3.63) is 175 Å². The highest BCUT2D eigenvalue weighted by molar-refractivity contribution is 7.89. The Morgan fingerprint density at radius 1 is 0.682 bits per heavy atom. The Morgan fingerprint density at radius 2 is 1.14 bits per heavy atom. The summed E-state index contributed by atoms with van der Waals surface area (Å²) >= 11 is 0. The molecule has 0 unspecified atom stereocenters. The zero-order valence-corrected chi connectivity index (χ0v) is 27.1. The van der Waals surface area contributed by atoms with Crippen LogP contribution in [0.1, 0.15) is 80.6 Å². The van der Waals surface area contributed by atoms with E-state index in [-0.39, 0.29) is 10.7 Å². The van der Waals surface area contributed by atoms with Crippen LogP contribution in [0.2, 0.25) is 0 Å². The normalized spacial score (nSPS) is 15.4. The molecule has 0 saturated carbocycles. The van der Waals surface area contributed by atoms with Crippen molar-refractivity contribution >= 4 is 15.7 Å². The van der Waals surface area contributed by atoms with E-state index in [1.807, 2.05) is 6.08 Å². The van der Waals surface area contributed by atoms with Gasteiger partial charge in [0.2, 0.25) is 0 Å². The van der Waals surface area contributed by atoms with Crippen LogP contribution in [0.15, 0.2) is 103 Å². The van der Waals surface area contributed by atoms with Crippen LogP contribution in [0.25, 0.3) is 5.57 Å². The summed E-state index contributed by atoms with van der Waals surface area (Å²) < 4.78 is 35.5. The van der Waals surface area contributed by atoms with Crippen molar-refractivity contribution < 1.29 is 13.0 Å². The van der Waals surface area contributed by atoms with E-state index in [9.17, 15) is 13.0 Å². The SMILES string of the molecule is Cc1cccc(C)c1Cc1ccc2c(c1)C(C)(C)c1cc(Cc3c(C)cccc3C)ccc1C2=C1C=CC=C[C+]1S(=O)(=O)O. The molecule has 1 N–H and O–H groups in total. The molecule has 0 atom stereocenters. The van der Waals surface area contributed by atoms with Gasteiger partial charge in [0.15, 0.2) is 5.25 Å². The number of benzene rings is 4. The Labute approximate surface area is 262 Å². The fourth-order valence-corrected chi connectivity index (χ4v) is 7.71. The highest BCUT2D eigenvalue weighted by atomic mass is 32.2. The molecule has 0 aliphatic heterocycles. The van der Waals surface area contributed by atoms with Gasteiger partial charge in [-0.2, -0.15) is 8.42 Å². The Balaban J connectivity index is 1.58. The minimum atomic E-state index is -4.45. The van der Waals surface area contributed by atoms with E-state index in [4.69, 9.17) is 0 Å². The lowest BCUT2D eigenvalue weighted by Crippen LogP contribution is -2.28. The van der Waals surface area contributed by atoms with Gasteiger partial charge in [0.1, 0.15) is 5.57 Å². The summed E-state index contributed by atoms with van der Waals surface area (Å²) in [5, 5.41) is -0.0779. The van der Waals surface area contributed by atoms with Crippen LogP contribution < -0.4 is 0 Å². The molecule has 44 heavy (non-hydrogen) atoms. The van der Waals surface area contributed by atoms with Crippen molar-refractivity contribution in [2.45, 2.75) is 59.8 Å². The molecule has 4 aromatic carbocycles. The van der Waals surface area contributed by atoms with Gasteiger partial charge in [0.25, 0.3) is 0 Å². The van der Waals surface area contributed by atoms with E-state index in [2.05, 4.69) is 114 Å². The first-order valence-electron chi connectivity index (χ1n) is 15.2. The first-order valence-corrected chi connectivity index (χ1v) is 16.6. The fraction of sp³-hybridized carbons (Fsp3) is 0.225. The maximum Gasteiger partial charge on any atom is 0.331 e. The van der Waals surface area contributed by atoms with Crippen LogP contribution in [0.3, 0.4) is 0 Å². The van der Waals surface area contributed by atoms with Crippen LogP contribution in [-0.2, 0) is 28.4 Å². The number of hydrogen-bond donors (Lipinski definition) is 1. The topological polar surface area (TPSA) is 54.4 Å². The van der Waals surface area contributed by atoms with E-state index in [1.165, 1.54) is 50.6 Å². The highest BCUT2D eigenvalue weighted by Crippen LogP contribution is 2.50. The van der Waals surface area contributed by atoms with Crippen LogP contribution in [0.5, 0.6) is 0 Å². The molecule has 0 bridgehead atoms. The van der Waals surface area contributed by atoms with Crippen molar-refractivity contribution in [1.82, 2.24) is 0 Å². The van der Waals surface area contributed by atoms with Crippen LogP contribution in [-0.4, -0.2) is 13.0 Å². The van der Waals surface area contributed by atoms with Crippen LogP contribution in [0.4, 0.5) is 0 Å². The first kappa shape index (κ1) is 29.9. The quantitative estimate of drug-likeness (QED) is 0.184. The van der Waals surface area contributed by atoms with Gasteiger partial charge in [-0.15, -0.1) is 0 Å². The molecular formula is C40H39O3S+. The van der Waals surface area contributed by atoms with Gasteiger partial charge in [0, 0.05) is 40.8 Å². The van der Waals surface area contributed by atoms with Crippen LogP contribution >= 0.6 is 0 Å². The Morgan fingerprint density at radius 3 is 1.57 bits per heavy atom. The average Bonchev–Trinajstić information content (AvgIpc) is 2.97. The molecule has 4 aromatic rings. The molecule has 0 heterocycles. The van der Waals surface area contributed by atoms with Gasteiger partial charge in [-0.1, -0.05) is 74.5 Å². The van der Waals surface area contributed by atoms with E-state index >= 15 is 0 Å². The molecule has 2 aliphatic rings.